The molecular formula is C4H8LiNO3. The Morgan fingerprint density at radius 1 is 1.78 bits per heavy atom. The number of esters is 1. The van der Waals surface area contributed by atoms with Gasteiger partial charge in [0.15, 0.2) is 0 Å². The van der Waals surface area contributed by atoms with Crippen molar-refractivity contribution in [2.24, 2.45) is 0 Å². The van der Waals surface area contributed by atoms with Crippen molar-refractivity contribution in [3.8, 4) is 0 Å². The quantitative estimate of drug-likeness (QED) is 0.185. The molecule has 0 radical (unpaired) electrons. The van der Waals surface area contributed by atoms with E-state index in [0.717, 1.165) is 0 Å². The number of hydrogen-bond acceptors (Lipinski definition) is 4. The predicted molar refractivity (Wildman–Crippen MR) is 28.0 cm³/mol. The van der Waals surface area contributed by atoms with Gasteiger partial charge >= 0.3 is 24.8 Å². The summed E-state index contributed by atoms with van der Waals surface area (Å²) in [5, 5.41) is 9.47. The van der Waals surface area contributed by atoms with Crippen LogP contribution in [0.4, 0.5) is 0 Å². The topological polar surface area (TPSA) is 61.4 Å². The van der Waals surface area contributed by atoms with Crippen LogP contribution >= 0.6 is 0 Å². The third kappa shape index (κ3) is 11.5. The van der Waals surface area contributed by atoms with Gasteiger partial charge in [0.1, 0.15) is 6.61 Å². The summed E-state index contributed by atoms with van der Waals surface area (Å²) < 4.78 is 4.38. The van der Waals surface area contributed by atoms with Crippen LogP contribution in [0.2, 0.25) is 0 Å². The van der Waals surface area contributed by atoms with Crippen LogP contribution in [0.3, 0.4) is 0 Å². The molecule has 0 fully saturated rings. The zero-order chi connectivity index (χ0) is 6.41. The second-order valence-corrected chi connectivity index (χ2v) is 1.23. The Kier molecular flexibility index (Phi) is 10.4. The second-order valence-electron chi connectivity index (χ2n) is 1.23. The van der Waals surface area contributed by atoms with Gasteiger partial charge in [-0.15, -0.1) is 0 Å². The van der Waals surface area contributed by atoms with Gasteiger partial charge < -0.3 is 15.4 Å². The third-order valence-electron chi connectivity index (χ3n) is 0.509. The van der Waals surface area contributed by atoms with Gasteiger partial charge in [-0.1, -0.05) is 0 Å². The summed E-state index contributed by atoms with van der Waals surface area (Å²) in [5.41, 5.74) is 1.60. The van der Waals surface area contributed by atoms with E-state index in [4.69, 9.17) is 0 Å². The van der Waals surface area contributed by atoms with Crippen LogP contribution < -0.4 is 24.3 Å². The summed E-state index contributed by atoms with van der Waals surface area (Å²) >= 11 is 0. The molecule has 0 rings (SSSR count). The van der Waals surface area contributed by atoms with Gasteiger partial charge in [0.05, 0.1) is 0 Å². The molecule has 48 valence electrons. The molecule has 0 atom stereocenters. The number of nitrogens with one attached hydrogen (secondary N) is 1. The Hall–Kier alpha value is -0.0126. The van der Waals surface area contributed by atoms with Crippen LogP contribution in [0, 0.1) is 5.21 Å². The molecule has 1 N–H and O–H groups in total. The molecule has 0 aliphatic heterocycles. The fourth-order valence-corrected chi connectivity index (χ4v) is 0.236. The maximum absolute atomic E-state index is 9.97. The van der Waals surface area contributed by atoms with E-state index in [0.29, 0.717) is 0 Å². The first-order valence-corrected chi connectivity index (χ1v) is 2.25. The van der Waals surface area contributed by atoms with Crippen molar-refractivity contribution in [1.82, 2.24) is 5.48 Å². The number of hydroxylamine groups is 1. The van der Waals surface area contributed by atoms with Gasteiger partial charge in [0.2, 0.25) is 0 Å². The molecule has 0 aliphatic carbocycles. The van der Waals surface area contributed by atoms with Gasteiger partial charge in [-0.3, -0.25) is 4.79 Å². The van der Waals surface area contributed by atoms with E-state index >= 15 is 0 Å². The van der Waals surface area contributed by atoms with Crippen molar-refractivity contribution >= 4 is 5.97 Å². The zero-order valence-corrected chi connectivity index (χ0v) is 5.64. The minimum Gasteiger partial charge on any atom is -0.788 e. The van der Waals surface area contributed by atoms with Crippen LogP contribution in [-0.2, 0) is 9.53 Å². The minimum absolute atomic E-state index is 0. The molecule has 5 heteroatoms. The Morgan fingerprint density at radius 2 is 2.33 bits per heavy atom. The van der Waals surface area contributed by atoms with Crippen molar-refractivity contribution in [2.75, 3.05) is 13.2 Å². The molecule has 9 heavy (non-hydrogen) atoms. The second kappa shape index (κ2) is 7.99. The summed E-state index contributed by atoms with van der Waals surface area (Å²) in [6.45, 7) is 1.61. The van der Waals surface area contributed by atoms with E-state index in [1.165, 1.54) is 6.92 Å². The first-order chi connectivity index (χ1) is 3.77. The molecule has 0 saturated heterocycles. The summed E-state index contributed by atoms with van der Waals surface area (Å²) in [6, 6.07) is 0. The molecule has 4 nitrogen and oxygen atoms in total. The summed E-state index contributed by atoms with van der Waals surface area (Å²) in [5.74, 6) is -0.361. The molecule has 0 unspecified atom stereocenters. The molecule has 0 spiro atoms. The van der Waals surface area contributed by atoms with E-state index in [-0.39, 0.29) is 38.0 Å². The van der Waals surface area contributed by atoms with Gasteiger partial charge in [-0.2, -0.15) is 0 Å². The third-order valence-corrected chi connectivity index (χ3v) is 0.509. The van der Waals surface area contributed by atoms with Crippen molar-refractivity contribution in [3.63, 3.8) is 0 Å². The molecule has 0 aromatic heterocycles. The average molecular weight is 125 g/mol. The molecule has 0 saturated carbocycles. The maximum Gasteiger partial charge on any atom is 1.00 e. The van der Waals surface area contributed by atoms with Gasteiger partial charge in [-0.25, -0.2) is 0 Å². The molecule has 0 heterocycles. The Morgan fingerprint density at radius 3 is 2.67 bits per heavy atom. The number of carbonyl (C=O) groups is 1. The predicted octanol–water partition coefficient (Wildman–Crippen LogP) is -3.36. The van der Waals surface area contributed by atoms with Crippen LogP contribution in [0.5, 0.6) is 0 Å². The fourth-order valence-electron chi connectivity index (χ4n) is 0.236. The van der Waals surface area contributed by atoms with Gasteiger partial charge in [0, 0.05) is 13.5 Å². The number of ether oxygens (including phenoxy) is 1. The monoisotopic (exact) mass is 125 g/mol. The molecule has 0 amide bonds. The standard InChI is InChI=1S/C4H8NO3.Li/c1-4(6)8-3-2-5-7;/h5H,2-3H2,1H3;/q-1;+1. The molecule has 0 aromatic rings. The SMILES string of the molecule is CC(=O)OCCN[O-].[Li+]. The zero-order valence-electron chi connectivity index (χ0n) is 5.64. The van der Waals surface area contributed by atoms with Gasteiger partial charge in [-0.05, 0) is 0 Å². The minimum atomic E-state index is -0.361. The normalized spacial score (nSPS) is 7.78. The van der Waals surface area contributed by atoms with E-state index in [9.17, 15) is 10.0 Å². The molecule has 0 bridgehead atoms. The molecule has 0 aliphatic rings. The van der Waals surface area contributed by atoms with E-state index in [1.807, 2.05) is 0 Å². The Balaban J connectivity index is 0. The van der Waals surface area contributed by atoms with Crippen molar-refractivity contribution in [2.45, 2.75) is 6.92 Å². The van der Waals surface area contributed by atoms with Gasteiger partial charge in [0.25, 0.3) is 0 Å². The first-order valence-electron chi connectivity index (χ1n) is 2.25. The van der Waals surface area contributed by atoms with Crippen LogP contribution in [0.1, 0.15) is 6.92 Å². The summed E-state index contributed by atoms with van der Waals surface area (Å²) in [4.78, 5) is 9.97. The smallest absolute Gasteiger partial charge is 0.788 e. The van der Waals surface area contributed by atoms with Crippen LogP contribution in [0.25, 0.3) is 0 Å². The maximum atomic E-state index is 9.97. The Bertz CT molecular complexity index is 78.2. The van der Waals surface area contributed by atoms with E-state index < -0.39 is 0 Å². The fraction of sp³-hybridized carbons (Fsp3) is 0.750. The van der Waals surface area contributed by atoms with E-state index in [2.05, 4.69) is 4.74 Å². The van der Waals surface area contributed by atoms with E-state index in [1.54, 1.807) is 5.48 Å². The van der Waals surface area contributed by atoms with Crippen LogP contribution in [0.15, 0.2) is 0 Å². The number of hydrogen-bond donors (Lipinski definition) is 1. The number of carbonyl (C=O) groups excluding carboxylic acids is 1. The van der Waals surface area contributed by atoms with Crippen molar-refractivity contribution < 1.29 is 28.4 Å². The number of rotatable bonds is 3. The molecular weight excluding hydrogens is 117 g/mol. The Labute approximate surface area is 65.7 Å². The van der Waals surface area contributed by atoms with Crippen molar-refractivity contribution in [3.05, 3.63) is 5.21 Å². The summed E-state index contributed by atoms with van der Waals surface area (Å²) in [6.07, 6.45) is 0. The van der Waals surface area contributed by atoms with Crippen LogP contribution in [-0.4, -0.2) is 19.1 Å². The first kappa shape index (κ1) is 11.7. The summed E-state index contributed by atoms with van der Waals surface area (Å²) in [7, 11) is 0. The van der Waals surface area contributed by atoms with Crippen molar-refractivity contribution in [1.29, 1.82) is 0 Å². The average Bonchev–Trinajstić information content (AvgIpc) is 1.66. The molecule has 0 aromatic carbocycles. The largest absolute Gasteiger partial charge is 1.00 e.